The highest BCUT2D eigenvalue weighted by Crippen LogP contribution is 2.21. The van der Waals surface area contributed by atoms with Gasteiger partial charge < -0.3 is 15.0 Å². The van der Waals surface area contributed by atoms with Crippen molar-refractivity contribution < 1.29 is 4.74 Å². The molecular weight excluding hydrogens is 336 g/mol. The van der Waals surface area contributed by atoms with Crippen LogP contribution in [0, 0.1) is 11.8 Å². The average Bonchev–Trinajstić information content (AvgIpc) is 2.71. The summed E-state index contributed by atoms with van der Waals surface area (Å²) in [5.41, 5.74) is 1.47. The highest BCUT2D eigenvalue weighted by Gasteiger charge is 2.22. The molecule has 2 aliphatic rings. The van der Waals surface area contributed by atoms with Crippen LogP contribution in [0.5, 0.6) is 0 Å². The van der Waals surface area contributed by atoms with Gasteiger partial charge in [0, 0.05) is 46.3 Å². The fourth-order valence-electron chi connectivity index (χ4n) is 4.18. The number of hydrogen-bond donors (Lipinski definition) is 1. The van der Waals surface area contributed by atoms with E-state index in [2.05, 4.69) is 57.4 Å². The van der Waals surface area contributed by atoms with Gasteiger partial charge in [-0.1, -0.05) is 37.3 Å². The van der Waals surface area contributed by atoms with Crippen LogP contribution in [0.15, 0.2) is 35.3 Å². The molecule has 5 heteroatoms. The molecule has 5 nitrogen and oxygen atoms in total. The van der Waals surface area contributed by atoms with Gasteiger partial charge in [0.2, 0.25) is 0 Å². The van der Waals surface area contributed by atoms with Crippen molar-refractivity contribution in [1.29, 1.82) is 0 Å². The van der Waals surface area contributed by atoms with E-state index < -0.39 is 0 Å². The van der Waals surface area contributed by atoms with Gasteiger partial charge in [0.25, 0.3) is 0 Å². The number of piperidine rings is 1. The second-order valence-electron chi connectivity index (χ2n) is 8.07. The predicted molar refractivity (Wildman–Crippen MR) is 112 cm³/mol. The Morgan fingerprint density at radius 1 is 1.15 bits per heavy atom. The zero-order chi connectivity index (χ0) is 18.9. The van der Waals surface area contributed by atoms with Crippen molar-refractivity contribution in [2.45, 2.75) is 26.2 Å². The Balaban J connectivity index is 1.38. The lowest BCUT2D eigenvalue weighted by molar-refractivity contribution is 0.0320. The lowest BCUT2D eigenvalue weighted by Crippen LogP contribution is -2.48. The van der Waals surface area contributed by atoms with E-state index in [0.29, 0.717) is 5.92 Å². The van der Waals surface area contributed by atoms with Crippen LogP contribution in [0.3, 0.4) is 0 Å². The number of hydrogen-bond acceptors (Lipinski definition) is 3. The van der Waals surface area contributed by atoms with E-state index in [-0.39, 0.29) is 0 Å². The molecule has 2 aliphatic heterocycles. The lowest BCUT2D eigenvalue weighted by atomic mass is 9.90. The third-order valence-electron chi connectivity index (χ3n) is 5.78. The Labute approximate surface area is 164 Å². The van der Waals surface area contributed by atoms with Crippen molar-refractivity contribution in [3.8, 4) is 0 Å². The van der Waals surface area contributed by atoms with Crippen molar-refractivity contribution in [1.82, 2.24) is 15.1 Å². The molecule has 2 fully saturated rings. The molecule has 0 spiro atoms. The summed E-state index contributed by atoms with van der Waals surface area (Å²) < 4.78 is 5.44. The number of aliphatic imine (C=N–C) groups is 1. The minimum Gasteiger partial charge on any atom is -0.379 e. The molecule has 0 aromatic heterocycles. The summed E-state index contributed by atoms with van der Waals surface area (Å²) in [5, 5.41) is 3.61. The number of nitrogens with one attached hydrogen (secondary N) is 1. The first-order chi connectivity index (χ1) is 13.2. The van der Waals surface area contributed by atoms with E-state index in [4.69, 9.17) is 4.74 Å². The molecule has 1 aromatic rings. The maximum atomic E-state index is 5.44. The molecule has 27 heavy (non-hydrogen) atoms. The summed E-state index contributed by atoms with van der Waals surface area (Å²) in [5.74, 6) is 2.47. The molecule has 1 unspecified atom stereocenters. The average molecular weight is 373 g/mol. The summed E-state index contributed by atoms with van der Waals surface area (Å²) in [6, 6.07) is 10.9. The first-order valence-corrected chi connectivity index (χ1v) is 10.5. The minimum absolute atomic E-state index is 0.607. The summed E-state index contributed by atoms with van der Waals surface area (Å²) in [6.07, 6.45) is 3.70. The third kappa shape index (κ3) is 6.51. The van der Waals surface area contributed by atoms with E-state index in [9.17, 15) is 0 Å². The maximum absolute atomic E-state index is 5.44. The molecule has 2 heterocycles. The van der Waals surface area contributed by atoms with E-state index in [1.807, 2.05) is 7.05 Å². The Bertz CT molecular complexity index is 563. The smallest absolute Gasteiger partial charge is 0.193 e. The van der Waals surface area contributed by atoms with Gasteiger partial charge in [0.05, 0.1) is 13.2 Å². The van der Waals surface area contributed by atoms with Gasteiger partial charge in [-0.15, -0.1) is 0 Å². The molecule has 150 valence electrons. The zero-order valence-electron chi connectivity index (χ0n) is 17.1. The van der Waals surface area contributed by atoms with Gasteiger partial charge in [0.1, 0.15) is 0 Å². The van der Waals surface area contributed by atoms with Gasteiger partial charge in [-0.2, -0.15) is 0 Å². The maximum Gasteiger partial charge on any atom is 0.193 e. The van der Waals surface area contributed by atoms with Crippen LogP contribution < -0.4 is 5.32 Å². The molecule has 3 rings (SSSR count). The molecule has 1 N–H and O–H groups in total. The molecule has 1 atom stereocenters. The van der Waals surface area contributed by atoms with Crippen LogP contribution in [0.4, 0.5) is 0 Å². The van der Waals surface area contributed by atoms with E-state index >= 15 is 0 Å². The zero-order valence-corrected chi connectivity index (χ0v) is 17.1. The Kier molecular flexibility index (Phi) is 7.96. The van der Waals surface area contributed by atoms with E-state index in [0.717, 1.165) is 64.4 Å². The van der Waals surface area contributed by atoms with Crippen molar-refractivity contribution in [2.24, 2.45) is 16.8 Å². The van der Waals surface area contributed by atoms with Gasteiger partial charge in [-0.3, -0.25) is 9.89 Å². The number of nitrogens with zero attached hydrogens (tertiary/aromatic N) is 3. The van der Waals surface area contributed by atoms with Crippen LogP contribution in [0.1, 0.15) is 25.3 Å². The van der Waals surface area contributed by atoms with Gasteiger partial charge in [-0.25, -0.2) is 0 Å². The minimum atomic E-state index is 0.607. The normalized spacial score (nSPS) is 21.3. The summed E-state index contributed by atoms with van der Waals surface area (Å²) in [6.45, 7) is 10.5. The fourth-order valence-corrected chi connectivity index (χ4v) is 4.18. The van der Waals surface area contributed by atoms with Crippen molar-refractivity contribution in [2.75, 3.05) is 59.5 Å². The molecule has 0 saturated carbocycles. The van der Waals surface area contributed by atoms with E-state index in [1.165, 1.54) is 24.8 Å². The monoisotopic (exact) mass is 372 g/mol. The Morgan fingerprint density at radius 3 is 2.52 bits per heavy atom. The molecule has 0 bridgehead atoms. The number of ether oxygens (including phenoxy) is 1. The standard InChI is InChI=1S/C22H36N4O/c1-19(18-25-12-14-27-15-13-25)17-24-22(23-2)26-10-8-21(9-11-26)16-20-6-4-3-5-7-20/h3-7,19,21H,8-18H2,1-2H3,(H,23,24). The van der Waals surface area contributed by atoms with Crippen molar-refractivity contribution >= 4 is 5.96 Å². The third-order valence-corrected chi connectivity index (χ3v) is 5.78. The molecule has 0 amide bonds. The predicted octanol–water partition coefficient (Wildman–Crippen LogP) is 2.48. The SMILES string of the molecule is CN=C(NCC(C)CN1CCOCC1)N1CCC(Cc2ccccc2)CC1. The van der Waals surface area contributed by atoms with Crippen LogP contribution >= 0.6 is 0 Å². The first-order valence-electron chi connectivity index (χ1n) is 10.5. The number of guanidine groups is 1. The number of likely N-dealkylation sites (tertiary alicyclic amines) is 1. The van der Waals surface area contributed by atoms with Crippen LogP contribution in [0.2, 0.25) is 0 Å². The van der Waals surface area contributed by atoms with E-state index in [1.54, 1.807) is 0 Å². The molecule has 0 radical (unpaired) electrons. The molecule has 1 aromatic carbocycles. The fraction of sp³-hybridized carbons (Fsp3) is 0.682. The first kappa shape index (κ1) is 20.2. The van der Waals surface area contributed by atoms with Gasteiger partial charge in [0.15, 0.2) is 5.96 Å². The molecule has 0 aliphatic carbocycles. The molecular formula is C22H36N4O. The second kappa shape index (κ2) is 10.7. The van der Waals surface area contributed by atoms with Gasteiger partial charge in [-0.05, 0) is 36.7 Å². The summed E-state index contributed by atoms with van der Waals surface area (Å²) in [7, 11) is 1.91. The van der Waals surface area contributed by atoms with Gasteiger partial charge >= 0.3 is 0 Å². The Morgan fingerprint density at radius 2 is 1.85 bits per heavy atom. The number of morpholine rings is 1. The highest BCUT2D eigenvalue weighted by atomic mass is 16.5. The van der Waals surface area contributed by atoms with Crippen LogP contribution in [-0.4, -0.2) is 75.3 Å². The topological polar surface area (TPSA) is 40.1 Å². The van der Waals surface area contributed by atoms with Crippen LogP contribution in [0.25, 0.3) is 0 Å². The van der Waals surface area contributed by atoms with Crippen LogP contribution in [-0.2, 0) is 11.2 Å². The Hall–Kier alpha value is -1.59. The van der Waals surface area contributed by atoms with Crippen molar-refractivity contribution in [3.05, 3.63) is 35.9 Å². The summed E-state index contributed by atoms with van der Waals surface area (Å²) in [4.78, 5) is 9.48. The largest absolute Gasteiger partial charge is 0.379 e. The quantitative estimate of drug-likeness (QED) is 0.615. The number of rotatable bonds is 6. The second-order valence-corrected chi connectivity index (χ2v) is 8.07. The lowest BCUT2D eigenvalue weighted by Gasteiger charge is -2.35. The number of benzene rings is 1. The molecule has 2 saturated heterocycles. The highest BCUT2D eigenvalue weighted by molar-refractivity contribution is 5.79. The summed E-state index contributed by atoms with van der Waals surface area (Å²) >= 11 is 0. The van der Waals surface area contributed by atoms with Crippen molar-refractivity contribution in [3.63, 3.8) is 0 Å².